The molecule has 0 unspecified atom stereocenters. The summed E-state index contributed by atoms with van der Waals surface area (Å²) in [6.45, 7) is 3.75. The molecule has 3 aromatic carbocycles. The van der Waals surface area contributed by atoms with Gasteiger partial charge in [-0.2, -0.15) is 0 Å². The smallest absolute Gasteiger partial charge is 0.307 e. The summed E-state index contributed by atoms with van der Waals surface area (Å²) in [7, 11) is 0. The first-order valence-corrected chi connectivity index (χ1v) is 11.5. The first-order valence-electron chi connectivity index (χ1n) is 10.5. The number of benzene rings is 3. The number of rotatable bonds is 5. The van der Waals surface area contributed by atoms with E-state index in [2.05, 4.69) is 15.6 Å². The number of carbonyl (C=O) groups excluding carboxylic acids is 2. The van der Waals surface area contributed by atoms with Gasteiger partial charge in [0.05, 0.1) is 22.3 Å². The van der Waals surface area contributed by atoms with Crippen LogP contribution >= 0.6 is 11.8 Å². The van der Waals surface area contributed by atoms with Crippen molar-refractivity contribution in [2.45, 2.75) is 19.0 Å². The van der Waals surface area contributed by atoms with E-state index < -0.39 is 29.1 Å². The average Bonchev–Trinajstić information content (AvgIpc) is 2.81. The molecule has 7 nitrogen and oxygen atoms in total. The lowest BCUT2D eigenvalue weighted by Gasteiger charge is -2.14. The van der Waals surface area contributed by atoms with Crippen molar-refractivity contribution >= 4 is 40.3 Å². The maximum absolute atomic E-state index is 14.6. The molecule has 1 heterocycles. The second kappa shape index (κ2) is 10.1. The fraction of sp³-hybridized carbons (Fsp3) is 0.120. The molecule has 3 amide bonds. The van der Waals surface area contributed by atoms with E-state index in [1.54, 1.807) is 36.4 Å². The maximum atomic E-state index is 14.6. The second-order valence-corrected chi connectivity index (χ2v) is 8.63. The van der Waals surface area contributed by atoms with Crippen molar-refractivity contribution < 1.29 is 18.4 Å². The number of hydrogen-bond acceptors (Lipinski definition) is 5. The molecule has 10 heteroatoms. The van der Waals surface area contributed by atoms with Crippen molar-refractivity contribution in [3.8, 4) is 5.69 Å². The Bertz CT molecular complexity index is 1520. The summed E-state index contributed by atoms with van der Waals surface area (Å²) in [5.41, 5.74) is 2.00. The number of urea groups is 1. The Morgan fingerprint density at radius 1 is 1.03 bits per heavy atom. The number of nitrogens with zero attached hydrogens (tertiary/aromatic N) is 2. The zero-order valence-corrected chi connectivity index (χ0v) is 19.6. The van der Waals surface area contributed by atoms with Crippen LogP contribution in [0.4, 0.5) is 19.3 Å². The maximum Gasteiger partial charge on any atom is 0.325 e. The second-order valence-electron chi connectivity index (χ2n) is 7.69. The Morgan fingerprint density at radius 2 is 1.80 bits per heavy atom. The number of aromatic nitrogens is 2. The van der Waals surface area contributed by atoms with Crippen LogP contribution in [0.5, 0.6) is 0 Å². The molecule has 0 bridgehead atoms. The van der Waals surface area contributed by atoms with Crippen LogP contribution in [0.15, 0.2) is 70.6 Å². The normalized spacial score (nSPS) is 10.9. The Balaban J connectivity index is 1.58. The molecular weight excluding hydrogens is 474 g/mol. The van der Waals surface area contributed by atoms with Gasteiger partial charge in [-0.25, -0.2) is 18.6 Å². The SMILES string of the molecule is Cc1cccc(NC(=O)NC(=O)CSc2nc3ccccc3c(=O)n2-c2ccc(F)cc2F)c1C. The van der Waals surface area contributed by atoms with E-state index in [0.29, 0.717) is 17.3 Å². The van der Waals surface area contributed by atoms with Crippen LogP contribution < -0.4 is 16.2 Å². The monoisotopic (exact) mass is 494 g/mol. The van der Waals surface area contributed by atoms with Crippen LogP contribution in [0.3, 0.4) is 0 Å². The van der Waals surface area contributed by atoms with Gasteiger partial charge in [-0.1, -0.05) is 36.0 Å². The quantitative estimate of drug-likeness (QED) is 0.309. The summed E-state index contributed by atoms with van der Waals surface area (Å²) >= 11 is 0.845. The van der Waals surface area contributed by atoms with Gasteiger partial charge in [-0.3, -0.25) is 19.5 Å². The standard InChI is InChI=1S/C25H20F2N4O3S/c1-14-6-5-9-19(15(14)2)28-24(34)30-22(32)13-35-25-29-20-8-4-3-7-17(20)23(33)31(25)21-11-10-16(26)12-18(21)27/h3-12H,13H2,1-2H3,(H2,28,30,32,34). The molecule has 4 aromatic rings. The van der Waals surface area contributed by atoms with Gasteiger partial charge in [0, 0.05) is 11.8 Å². The number of nitrogens with one attached hydrogen (secondary N) is 2. The summed E-state index contributed by atoms with van der Waals surface area (Å²) in [5, 5.41) is 5.11. The first-order chi connectivity index (χ1) is 16.7. The number of amides is 3. The molecule has 0 atom stereocenters. The topological polar surface area (TPSA) is 93.1 Å². The van der Waals surface area contributed by atoms with Crippen LogP contribution in [0.2, 0.25) is 0 Å². The average molecular weight is 495 g/mol. The van der Waals surface area contributed by atoms with Gasteiger partial charge >= 0.3 is 6.03 Å². The summed E-state index contributed by atoms with van der Waals surface area (Å²) in [5.74, 6) is -2.68. The van der Waals surface area contributed by atoms with Gasteiger partial charge in [0.15, 0.2) is 5.16 Å². The van der Waals surface area contributed by atoms with Gasteiger partial charge < -0.3 is 5.32 Å². The molecule has 4 rings (SSSR count). The Hall–Kier alpha value is -4.05. The minimum absolute atomic E-state index is 0.0179. The highest BCUT2D eigenvalue weighted by Crippen LogP contribution is 2.23. The molecule has 0 fully saturated rings. The Morgan fingerprint density at radius 3 is 2.57 bits per heavy atom. The summed E-state index contributed by atoms with van der Waals surface area (Å²) in [6, 6.07) is 14.0. The van der Waals surface area contributed by atoms with Crippen molar-refractivity contribution in [3.05, 3.63) is 93.8 Å². The molecule has 0 aliphatic carbocycles. The minimum atomic E-state index is -0.955. The number of para-hydroxylation sites is 1. The number of thioether (sulfide) groups is 1. The largest absolute Gasteiger partial charge is 0.325 e. The number of carbonyl (C=O) groups is 2. The number of imide groups is 1. The van der Waals surface area contributed by atoms with Crippen LogP contribution in [0.1, 0.15) is 11.1 Å². The molecule has 0 spiro atoms. The fourth-order valence-electron chi connectivity index (χ4n) is 3.42. The highest BCUT2D eigenvalue weighted by Gasteiger charge is 2.18. The number of aryl methyl sites for hydroxylation is 1. The lowest BCUT2D eigenvalue weighted by Crippen LogP contribution is -2.36. The minimum Gasteiger partial charge on any atom is -0.307 e. The van der Waals surface area contributed by atoms with Crippen LogP contribution in [0, 0.1) is 25.5 Å². The fourth-order valence-corrected chi connectivity index (χ4v) is 4.22. The van der Waals surface area contributed by atoms with Crippen molar-refractivity contribution in [3.63, 3.8) is 0 Å². The number of hydrogen-bond donors (Lipinski definition) is 2. The third kappa shape index (κ3) is 5.22. The number of halogens is 2. The molecule has 2 N–H and O–H groups in total. The van der Waals surface area contributed by atoms with Crippen LogP contribution in [-0.2, 0) is 4.79 Å². The van der Waals surface area contributed by atoms with E-state index in [9.17, 15) is 23.2 Å². The molecule has 1 aromatic heterocycles. The third-order valence-electron chi connectivity index (χ3n) is 5.33. The molecule has 0 radical (unpaired) electrons. The highest BCUT2D eigenvalue weighted by molar-refractivity contribution is 7.99. The number of fused-ring (bicyclic) bond motifs is 1. The zero-order valence-electron chi connectivity index (χ0n) is 18.8. The molecule has 35 heavy (non-hydrogen) atoms. The summed E-state index contributed by atoms with van der Waals surface area (Å²) < 4.78 is 29.0. The van der Waals surface area contributed by atoms with Crippen LogP contribution in [0.25, 0.3) is 16.6 Å². The van der Waals surface area contributed by atoms with Crippen molar-refractivity contribution in [2.75, 3.05) is 11.1 Å². The van der Waals surface area contributed by atoms with E-state index in [1.807, 2.05) is 19.9 Å². The lowest BCUT2D eigenvalue weighted by atomic mass is 10.1. The molecular formula is C25H20F2N4O3S. The van der Waals surface area contributed by atoms with Crippen molar-refractivity contribution in [2.24, 2.45) is 0 Å². The van der Waals surface area contributed by atoms with E-state index >= 15 is 0 Å². The highest BCUT2D eigenvalue weighted by atomic mass is 32.2. The van der Waals surface area contributed by atoms with E-state index in [0.717, 1.165) is 39.6 Å². The molecule has 0 aliphatic heterocycles. The molecule has 178 valence electrons. The van der Waals surface area contributed by atoms with E-state index in [1.165, 1.54) is 0 Å². The van der Waals surface area contributed by atoms with Gasteiger partial charge in [0.25, 0.3) is 5.56 Å². The van der Waals surface area contributed by atoms with Gasteiger partial charge in [-0.05, 0) is 55.3 Å². The first kappa shape index (κ1) is 24.1. The molecule has 0 saturated carbocycles. The Labute approximate surface area is 203 Å². The van der Waals surface area contributed by atoms with Gasteiger partial charge in [-0.15, -0.1) is 0 Å². The third-order valence-corrected chi connectivity index (χ3v) is 6.27. The van der Waals surface area contributed by atoms with Crippen molar-refractivity contribution in [1.29, 1.82) is 0 Å². The van der Waals surface area contributed by atoms with E-state index in [-0.39, 0.29) is 22.0 Å². The van der Waals surface area contributed by atoms with Crippen molar-refractivity contribution in [1.82, 2.24) is 14.9 Å². The molecule has 0 aliphatic rings. The van der Waals surface area contributed by atoms with Crippen LogP contribution in [-0.4, -0.2) is 27.2 Å². The predicted octanol–water partition coefficient (Wildman–Crippen LogP) is 4.72. The zero-order chi connectivity index (χ0) is 25.1. The Kier molecular flexibility index (Phi) is 6.92. The predicted molar refractivity (Wildman–Crippen MR) is 131 cm³/mol. The summed E-state index contributed by atoms with van der Waals surface area (Å²) in [4.78, 5) is 42.3. The molecule has 0 saturated heterocycles. The number of anilines is 1. The lowest BCUT2D eigenvalue weighted by molar-refractivity contribution is -0.117. The van der Waals surface area contributed by atoms with E-state index in [4.69, 9.17) is 0 Å². The van der Waals surface area contributed by atoms with Gasteiger partial charge in [0.1, 0.15) is 11.6 Å². The summed E-state index contributed by atoms with van der Waals surface area (Å²) in [6.07, 6.45) is 0. The van der Waals surface area contributed by atoms with Gasteiger partial charge in [0.2, 0.25) is 5.91 Å².